The van der Waals surface area contributed by atoms with Crippen LogP contribution in [-0.2, 0) is 0 Å². The lowest BCUT2D eigenvalue weighted by molar-refractivity contribution is 1.10. The number of benzene rings is 10. The number of hydrogen-bond donors (Lipinski definition) is 0. The van der Waals surface area contributed by atoms with E-state index >= 15 is 0 Å². The van der Waals surface area contributed by atoms with E-state index in [1.165, 1.54) is 75.8 Å². The van der Waals surface area contributed by atoms with Crippen LogP contribution in [0.1, 0.15) is 0 Å². The van der Waals surface area contributed by atoms with Gasteiger partial charge < -0.3 is 0 Å². The highest BCUT2D eigenvalue weighted by Crippen LogP contribution is 2.47. The minimum atomic E-state index is 0.931. The Morgan fingerprint density at radius 2 is 0.556 bits per heavy atom. The Morgan fingerprint density at radius 1 is 0.259 bits per heavy atom. The lowest BCUT2D eigenvalue weighted by atomic mass is 9.85. The molecular weight excluding hydrogens is 697 g/mol. The number of nitrogens with zero attached hydrogens (tertiary/aromatic N) is 4. The Balaban J connectivity index is 1.05. The zero-order valence-corrected chi connectivity index (χ0v) is 30.2. The normalized spacial score (nSPS) is 12.1. The van der Waals surface area contributed by atoms with Gasteiger partial charge in [0.25, 0.3) is 0 Å². The Labute approximate surface area is 317 Å². The largest absolute Gasteiger partial charge is 0.148 e. The molecule has 0 spiro atoms. The molecule has 4 nitrogen and oxygen atoms in total. The van der Waals surface area contributed by atoms with Gasteiger partial charge in [0, 0.05) is 22.3 Å². The molecule has 0 saturated carbocycles. The summed E-state index contributed by atoms with van der Waals surface area (Å²) < 4.78 is 0. The predicted octanol–water partition coefficient (Wildman–Crippen LogP) is 13.5. The molecular formula is C48H26N4S2. The van der Waals surface area contributed by atoms with Gasteiger partial charge >= 0.3 is 0 Å². The third kappa shape index (κ3) is 4.35. The minimum absolute atomic E-state index is 0.931. The van der Waals surface area contributed by atoms with Crippen molar-refractivity contribution >= 4 is 87.3 Å². The molecule has 54 heavy (non-hydrogen) atoms. The van der Waals surface area contributed by atoms with E-state index in [9.17, 15) is 0 Å². The van der Waals surface area contributed by atoms with Gasteiger partial charge in [0.15, 0.2) is 0 Å². The van der Waals surface area contributed by atoms with Crippen LogP contribution in [0.4, 0.5) is 0 Å². The fraction of sp³-hybridized carbons (Fsp3) is 0. The van der Waals surface area contributed by atoms with Crippen LogP contribution >= 0.6 is 22.7 Å². The molecule has 0 aliphatic carbocycles. The number of aromatic nitrogens is 4. The van der Waals surface area contributed by atoms with Crippen LogP contribution in [0.15, 0.2) is 158 Å². The predicted molar refractivity (Wildman–Crippen MR) is 228 cm³/mol. The first-order valence-corrected chi connectivity index (χ1v) is 19.6. The lowest BCUT2D eigenvalue weighted by Crippen LogP contribution is -1.91. The highest BCUT2D eigenvalue weighted by atomic mass is 32.1. The Hall–Kier alpha value is -6.60. The van der Waals surface area contributed by atoms with Gasteiger partial charge in [0.1, 0.15) is 20.0 Å². The molecule has 0 radical (unpaired) electrons. The summed E-state index contributed by atoms with van der Waals surface area (Å²) in [6.07, 6.45) is 0. The second kappa shape index (κ2) is 11.4. The molecule has 0 bridgehead atoms. The third-order valence-electron chi connectivity index (χ3n) is 11.0. The topological polar surface area (TPSA) is 51.6 Å². The van der Waals surface area contributed by atoms with Gasteiger partial charge in [0.2, 0.25) is 0 Å². The van der Waals surface area contributed by atoms with E-state index in [1.807, 2.05) is 36.4 Å². The summed E-state index contributed by atoms with van der Waals surface area (Å²) in [7, 11) is 0. The van der Waals surface area contributed by atoms with Crippen molar-refractivity contribution in [2.45, 2.75) is 0 Å². The summed E-state index contributed by atoms with van der Waals surface area (Å²) in [5.41, 5.74) is 6.88. The van der Waals surface area contributed by atoms with Crippen molar-refractivity contribution in [2.24, 2.45) is 0 Å². The van der Waals surface area contributed by atoms with Gasteiger partial charge in [-0.25, -0.2) is 0 Å². The first-order chi connectivity index (χ1) is 26.8. The fourth-order valence-electron chi connectivity index (χ4n) is 8.50. The van der Waals surface area contributed by atoms with Crippen LogP contribution in [0.3, 0.4) is 0 Å². The molecule has 12 rings (SSSR count). The van der Waals surface area contributed by atoms with Crippen molar-refractivity contribution in [3.8, 4) is 53.4 Å². The zero-order chi connectivity index (χ0) is 35.3. The Bertz CT molecular complexity index is 3160. The van der Waals surface area contributed by atoms with Crippen LogP contribution in [0.2, 0.25) is 0 Å². The van der Waals surface area contributed by atoms with E-state index in [2.05, 4.69) is 142 Å². The molecule has 250 valence electrons. The summed E-state index contributed by atoms with van der Waals surface area (Å²) in [6.45, 7) is 0. The monoisotopic (exact) mass is 722 g/mol. The van der Waals surface area contributed by atoms with E-state index in [0.29, 0.717) is 0 Å². The van der Waals surface area contributed by atoms with Gasteiger partial charge in [-0.1, -0.05) is 180 Å². The quantitative estimate of drug-likeness (QED) is 0.166. The average Bonchev–Trinajstić information content (AvgIpc) is 3.94. The second-order valence-electron chi connectivity index (χ2n) is 13.9. The van der Waals surface area contributed by atoms with Gasteiger partial charge in [-0.3, -0.25) is 0 Å². The van der Waals surface area contributed by atoms with Crippen molar-refractivity contribution in [3.63, 3.8) is 0 Å². The van der Waals surface area contributed by atoms with Crippen molar-refractivity contribution in [1.29, 1.82) is 0 Å². The summed E-state index contributed by atoms with van der Waals surface area (Å²) in [5.74, 6) is 0. The maximum absolute atomic E-state index is 4.69. The van der Waals surface area contributed by atoms with E-state index in [0.717, 1.165) is 42.3 Å². The van der Waals surface area contributed by atoms with Gasteiger partial charge in [-0.2, -0.15) is 0 Å². The smallest absolute Gasteiger partial charge is 0.138 e. The standard InChI is InChI=1S/C48H26N4S2/c1-3-7-31(8-4-1)45-49-51-47(53-45)39-25-17-29-13-21-35-33(19-11-27-15-23-37(39)43(29)41(27)35)34-20-12-28-16-24-38-40(26-18-30-14-22-36(34)42(28)44(30)38)48-52-50-46(54-48)32-9-5-2-6-10-32/h1-26H. The van der Waals surface area contributed by atoms with E-state index in [-0.39, 0.29) is 0 Å². The summed E-state index contributed by atoms with van der Waals surface area (Å²) in [4.78, 5) is 0. The number of rotatable bonds is 5. The van der Waals surface area contributed by atoms with Crippen molar-refractivity contribution in [3.05, 3.63) is 158 Å². The zero-order valence-electron chi connectivity index (χ0n) is 28.6. The summed E-state index contributed by atoms with van der Waals surface area (Å²) in [5, 5.41) is 37.2. The second-order valence-corrected chi connectivity index (χ2v) is 15.8. The molecule has 2 heterocycles. The first-order valence-electron chi connectivity index (χ1n) is 18.0. The molecule has 0 fully saturated rings. The Kier molecular flexibility index (Phi) is 6.34. The van der Waals surface area contributed by atoms with Crippen LogP contribution in [-0.4, -0.2) is 20.4 Å². The maximum Gasteiger partial charge on any atom is 0.148 e. The highest BCUT2D eigenvalue weighted by Gasteiger charge is 2.20. The van der Waals surface area contributed by atoms with Crippen LogP contribution in [0.25, 0.3) is 118 Å². The SMILES string of the molecule is c1ccc(-c2nnc(-c3ccc4ccc5c(-c6ccc7ccc8c(-c9nnc(-c%10ccccc%10)s9)ccc9ccc6c7c98)ccc6ccc3c4c65)s2)cc1. The first kappa shape index (κ1) is 29.9. The van der Waals surface area contributed by atoms with E-state index in [4.69, 9.17) is 0 Å². The van der Waals surface area contributed by atoms with Crippen LogP contribution in [0, 0.1) is 0 Å². The van der Waals surface area contributed by atoms with Crippen LogP contribution in [0.5, 0.6) is 0 Å². The fourth-order valence-corrected chi connectivity index (χ4v) is 10.3. The molecule has 0 atom stereocenters. The molecule has 0 saturated heterocycles. The molecule has 0 N–H and O–H groups in total. The third-order valence-corrected chi connectivity index (χ3v) is 13.0. The van der Waals surface area contributed by atoms with E-state index in [1.54, 1.807) is 22.7 Å². The molecule has 6 heteroatoms. The molecule has 0 aliphatic rings. The van der Waals surface area contributed by atoms with Crippen molar-refractivity contribution < 1.29 is 0 Å². The highest BCUT2D eigenvalue weighted by molar-refractivity contribution is 7.18. The summed E-state index contributed by atoms with van der Waals surface area (Å²) in [6, 6.07) is 56.9. The lowest BCUT2D eigenvalue weighted by Gasteiger charge is -2.18. The molecule has 0 aliphatic heterocycles. The average molecular weight is 723 g/mol. The molecule has 10 aromatic carbocycles. The molecule has 0 unspecified atom stereocenters. The van der Waals surface area contributed by atoms with Gasteiger partial charge in [0.05, 0.1) is 0 Å². The molecule has 2 aromatic heterocycles. The van der Waals surface area contributed by atoms with Gasteiger partial charge in [-0.05, 0) is 75.8 Å². The summed E-state index contributed by atoms with van der Waals surface area (Å²) >= 11 is 3.29. The Morgan fingerprint density at radius 3 is 0.926 bits per heavy atom. The minimum Gasteiger partial charge on any atom is -0.138 e. The maximum atomic E-state index is 4.69. The molecule has 0 amide bonds. The van der Waals surface area contributed by atoms with Crippen molar-refractivity contribution in [1.82, 2.24) is 20.4 Å². The molecule has 12 aromatic rings. The van der Waals surface area contributed by atoms with E-state index < -0.39 is 0 Å². The van der Waals surface area contributed by atoms with Gasteiger partial charge in [-0.15, -0.1) is 20.4 Å². The van der Waals surface area contributed by atoms with Crippen molar-refractivity contribution in [2.75, 3.05) is 0 Å². The van der Waals surface area contributed by atoms with Crippen LogP contribution < -0.4 is 0 Å². The number of hydrogen-bond acceptors (Lipinski definition) is 6.